The summed E-state index contributed by atoms with van der Waals surface area (Å²) in [6.07, 6.45) is 2.01. The maximum absolute atomic E-state index is 9.33. The molecule has 2 atom stereocenters. The van der Waals surface area contributed by atoms with Gasteiger partial charge in [0.15, 0.2) is 0 Å². The maximum Gasteiger partial charge on any atom is 0.0464 e. The largest absolute Gasteiger partial charge is 0.396 e. The summed E-state index contributed by atoms with van der Waals surface area (Å²) in [6.45, 7) is 4.60. The van der Waals surface area contributed by atoms with Crippen LogP contribution in [0.3, 0.4) is 0 Å². The highest BCUT2D eigenvalue weighted by Crippen LogP contribution is 2.21. The lowest BCUT2D eigenvalue weighted by Gasteiger charge is -2.20. The molecule has 1 N–H and O–H groups in total. The Hall–Kier alpha value is -0.530. The number of hydrogen-bond acceptors (Lipinski definition) is 1. The zero-order chi connectivity index (χ0) is 11.3. The second-order valence-electron chi connectivity index (χ2n) is 4.16. The molecule has 0 fully saturated rings. The summed E-state index contributed by atoms with van der Waals surface area (Å²) in [5, 5.41) is 10.1. The highest BCUT2D eigenvalue weighted by atomic mass is 35.5. The highest BCUT2D eigenvalue weighted by molar-refractivity contribution is 6.30. The van der Waals surface area contributed by atoms with Crippen LogP contribution in [0.25, 0.3) is 0 Å². The van der Waals surface area contributed by atoms with Crippen molar-refractivity contribution >= 4 is 11.6 Å². The molecule has 1 aromatic rings. The van der Waals surface area contributed by atoms with Crippen LogP contribution in [-0.2, 0) is 6.42 Å². The van der Waals surface area contributed by atoms with Gasteiger partial charge in [0.2, 0.25) is 0 Å². The van der Waals surface area contributed by atoms with E-state index in [0.29, 0.717) is 11.8 Å². The van der Waals surface area contributed by atoms with Crippen molar-refractivity contribution in [3.8, 4) is 0 Å². The van der Waals surface area contributed by atoms with Gasteiger partial charge in [-0.25, -0.2) is 0 Å². The Bertz CT molecular complexity index is 298. The van der Waals surface area contributed by atoms with Crippen molar-refractivity contribution in [2.75, 3.05) is 6.61 Å². The molecule has 0 aromatic heterocycles. The fraction of sp³-hybridized carbons (Fsp3) is 0.538. The Kier molecular flexibility index (Phi) is 5.13. The van der Waals surface area contributed by atoms with Gasteiger partial charge in [0.25, 0.3) is 0 Å². The molecule has 0 amide bonds. The minimum atomic E-state index is 0.252. The van der Waals surface area contributed by atoms with E-state index < -0.39 is 0 Å². The molecule has 1 rings (SSSR count). The molecule has 2 heteroatoms. The van der Waals surface area contributed by atoms with E-state index >= 15 is 0 Å². The molecule has 0 aliphatic rings. The quantitative estimate of drug-likeness (QED) is 0.815. The van der Waals surface area contributed by atoms with Crippen molar-refractivity contribution < 1.29 is 5.11 Å². The SMILES string of the molecule is CCC(C)C(CO)Cc1cccc(Cl)c1. The van der Waals surface area contributed by atoms with Gasteiger partial charge in [0, 0.05) is 11.6 Å². The lowest BCUT2D eigenvalue weighted by atomic mass is 9.87. The first-order chi connectivity index (χ1) is 7.17. The maximum atomic E-state index is 9.33. The molecule has 84 valence electrons. The van der Waals surface area contributed by atoms with Crippen LogP contribution in [0.15, 0.2) is 24.3 Å². The first-order valence-electron chi connectivity index (χ1n) is 5.52. The molecular weight excluding hydrogens is 208 g/mol. The fourth-order valence-electron chi connectivity index (χ4n) is 1.75. The third kappa shape index (κ3) is 3.84. The Morgan fingerprint density at radius 3 is 2.67 bits per heavy atom. The Morgan fingerprint density at radius 2 is 2.13 bits per heavy atom. The Morgan fingerprint density at radius 1 is 1.40 bits per heavy atom. The van der Waals surface area contributed by atoms with Gasteiger partial charge in [-0.2, -0.15) is 0 Å². The predicted molar refractivity (Wildman–Crippen MR) is 65.2 cm³/mol. The molecule has 1 aromatic carbocycles. The molecule has 0 saturated carbocycles. The zero-order valence-electron chi connectivity index (χ0n) is 9.41. The van der Waals surface area contributed by atoms with E-state index in [2.05, 4.69) is 19.9 Å². The molecule has 1 nitrogen and oxygen atoms in total. The summed E-state index contributed by atoms with van der Waals surface area (Å²) in [4.78, 5) is 0. The van der Waals surface area contributed by atoms with Gasteiger partial charge >= 0.3 is 0 Å². The van der Waals surface area contributed by atoms with Crippen LogP contribution in [0.5, 0.6) is 0 Å². The molecule has 2 unspecified atom stereocenters. The van der Waals surface area contributed by atoms with E-state index in [0.717, 1.165) is 17.9 Å². The molecular formula is C13H19ClO. The van der Waals surface area contributed by atoms with E-state index in [4.69, 9.17) is 11.6 Å². The van der Waals surface area contributed by atoms with Crippen molar-refractivity contribution in [1.82, 2.24) is 0 Å². The number of rotatable bonds is 5. The average Bonchev–Trinajstić information content (AvgIpc) is 2.25. The highest BCUT2D eigenvalue weighted by Gasteiger charge is 2.15. The van der Waals surface area contributed by atoms with Gasteiger partial charge in [-0.15, -0.1) is 0 Å². The third-order valence-electron chi connectivity index (χ3n) is 3.07. The number of benzene rings is 1. The zero-order valence-corrected chi connectivity index (χ0v) is 10.2. The van der Waals surface area contributed by atoms with Crippen molar-refractivity contribution in [3.63, 3.8) is 0 Å². The summed E-state index contributed by atoms with van der Waals surface area (Å²) >= 11 is 5.92. The molecule has 0 aliphatic heterocycles. The van der Waals surface area contributed by atoms with Gasteiger partial charge in [-0.1, -0.05) is 44.0 Å². The molecule has 15 heavy (non-hydrogen) atoms. The molecule has 0 spiro atoms. The number of aliphatic hydroxyl groups excluding tert-OH is 1. The molecule has 0 heterocycles. The summed E-state index contributed by atoms with van der Waals surface area (Å²) in [6, 6.07) is 7.88. The topological polar surface area (TPSA) is 20.2 Å². The second kappa shape index (κ2) is 6.14. The first kappa shape index (κ1) is 12.5. The molecule has 0 bridgehead atoms. The minimum Gasteiger partial charge on any atom is -0.396 e. The van der Waals surface area contributed by atoms with E-state index in [1.807, 2.05) is 18.2 Å². The molecule has 0 saturated heterocycles. The average molecular weight is 227 g/mol. The summed E-state index contributed by atoms with van der Waals surface area (Å²) < 4.78 is 0. The number of hydrogen-bond donors (Lipinski definition) is 1. The normalized spacial score (nSPS) is 14.9. The molecule has 0 aliphatic carbocycles. The monoisotopic (exact) mass is 226 g/mol. The van der Waals surface area contributed by atoms with Gasteiger partial charge in [-0.3, -0.25) is 0 Å². The van der Waals surface area contributed by atoms with Crippen LogP contribution >= 0.6 is 11.6 Å². The fourth-order valence-corrected chi connectivity index (χ4v) is 1.96. The summed E-state index contributed by atoms with van der Waals surface area (Å²) in [5.74, 6) is 0.891. The van der Waals surface area contributed by atoms with Gasteiger partial charge in [0.05, 0.1) is 0 Å². The number of halogens is 1. The predicted octanol–water partition coefficient (Wildman–Crippen LogP) is 3.54. The van der Waals surface area contributed by atoms with Crippen LogP contribution in [0.2, 0.25) is 5.02 Å². The Balaban J connectivity index is 2.66. The lowest BCUT2D eigenvalue weighted by Crippen LogP contribution is -2.18. The van der Waals surface area contributed by atoms with Crippen LogP contribution < -0.4 is 0 Å². The number of aliphatic hydroxyl groups is 1. The van der Waals surface area contributed by atoms with Gasteiger partial charge < -0.3 is 5.11 Å². The van der Waals surface area contributed by atoms with Crippen LogP contribution in [0.1, 0.15) is 25.8 Å². The van der Waals surface area contributed by atoms with E-state index in [1.165, 1.54) is 5.56 Å². The molecule has 0 radical (unpaired) electrons. The van der Waals surface area contributed by atoms with Gasteiger partial charge in [0.1, 0.15) is 0 Å². The lowest BCUT2D eigenvalue weighted by molar-refractivity contribution is 0.179. The van der Waals surface area contributed by atoms with Crippen molar-refractivity contribution in [2.24, 2.45) is 11.8 Å². The summed E-state index contributed by atoms with van der Waals surface area (Å²) in [7, 11) is 0. The first-order valence-corrected chi connectivity index (χ1v) is 5.90. The third-order valence-corrected chi connectivity index (χ3v) is 3.31. The van der Waals surface area contributed by atoms with E-state index in [-0.39, 0.29) is 6.61 Å². The van der Waals surface area contributed by atoms with Crippen LogP contribution in [0.4, 0.5) is 0 Å². The van der Waals surface area contributed by atoms with Gasteiger partial charge in [-0.05, 0) is 36.0 Å². The van der Waals surface area contributed by atoms with E-state index in [1.54, 1.807) is 0 Å². The van der Waals surface area contributed by atoms with Crippen molar-refractivity contribution in [1.29, 1.82) is 0 Å². The minimum absolute atomic E-state index is 0.252. The Labute approximate surface area is 97.1 Å². The second-order valence-corrected chi connectivity index (χ2v) is 4.60. The summed E-state index contributed by atoms with van der Waals surface area (Å²) in [5.41, 5.74) is 1.21. The standard InChI is InChI=1S/C13H19ClO/c1-3-10(2)12(9-15)7-11-5-4-6-13(14)8-11/h4-6,8,10,12,15H,3,7,9H2,1-2H3. The van der Waals surface area contributed by atoms with Crippen LogP contribution in [0, 0.1) is 11.8 Å². The van der Waals surface area contributed by atoms with Crippen molar-refractivity contribution in [2.45, 2.75) is 26.7 Å². The van der Waals surface area contributed by atoms with E-state index in [9.17, 15) is 5.11 Å². The smallest absolute Gasteiger partial charge is 0.0464 e. The van der Waals surface area contributed by atoms with Crippen molar-refractivity contribution in [3.05, 3.63) is 34.9 Å². The van der Waals surface area contributed by atoms with Crippen LogP contribution in [-0.4, -0.2) is 11.7 Å².